The molecule has 8 heteroatoms. The molecule has 1 aromatic carbocycles. The van der Waals surface area contributed by atoms with Gasteiger partial charge in [-0.2, -0.15) is 0 Å². The van der Waals surface area contributed by atoms with Crippen molar-refractivity contribution in [3.63, 3.8) is 0 Å². The van der Waals surface area contributed by atoms with Gasteiger partial charge < -0.3 is 19.9 Å². The first-order valence-electron chi connectivity index (χ1n) is 9.82. The van der Waals surface area contributed by atoms with E-state index in [9.17, 15) is 4.79 Å². The minimum absolute atomic E-state index is 0. The summed E-state index contributed by atoms with van der Waals surface area (Å²) in [4.78, 5) is 19.1. The van der Waals surface area contributed by atoms with Crippen molar-refractivity contribution >= 4 is 30.7 Å². The molecular weight excluding hydrogens is 411 g/mol. The number of amides is 1. The lowest BCUT2D eigenvalue weighted by Gasteiger charge is -2.34. The maximum Gasteiger partial charge on any atom is 0.239 e. The molecule has 162 valence electrons. The third-order valence-electron chi connectivity index (χ3n) is 5.03. The van der Waals surface area contributed by atoms with Crippen LogP contribution in [-0.4, -0.2) is 52.7 Å². The number of likely N-dealkylation sites (tertiary alicyclic amines) is 1. The summed E-state index contributed by atoms with van der Waals surface area (Å²) >= 11 is 0. The van der Waals surface area contributed by atoms with Crippen LogP contribution in [0.5, 0.6) is 0 Å². The van der Waals surface area contributed by atoms with Crippen molar-refractivity contribution in [3.8, 4) is 0 Å². The van der Waals surface area contributed by atoms with Crippen molar-refractivity contribution in [2.75, 3.05) is 26.3 Å². The molecule has 1 amide bonds. The summed E-state index contributed by atoms with van der Waals surface area (Å²) in [6, 6.07) is 9.69. The topological polar surface area (TPSA) is 73.4 Å². The van der Waals surface area contributed by atoms with E-state index in [2.05, 4.69) is 17.1 Å². The highest BCUT2D eigenvalue weighted by atomic mass is 35.5. The molecule has 0 saturated carbocycles. The zero-order valence-electron chi connectivity index (χ0n) is 16.9. The molecule has 1 aliphatic rings. The smallest absolute Gasteiger partial charge is 0.239 e. The normalized spacial score (nSPS) is 17.2. The highest BCUT2D eigenvalue weighted by Crippen LogP contribution is 2.18. The maximum atomic E-state index is 12.7. The largest absolute Gasteiger partial charge is 0.381 e. The van der Waals surface area contributed by atoms with E-state index in [4.69, 9.17) is 10.5 Å². The van der Waals surface area contributed by atoms with E-state index in [1.165, 1.54) is 5.56 Å². The molecule has 0 radical (unpaired) electrons. The standard InChI is InChI=1S/C21H30N4O2.2ClH/c1-2-27-15-18-9-6-10-25(13-18)21(26)20(22)11-19-14-24(16-23-19)12-17-7-4-3-5-8-17;;/h3-5,7-8,14,16,18,20H,2,6,9-13,15,22H2,1H3;2*1H/t18?,20-;;/m0../s1. The Hall–Kier alpha value is -1.60. The number of halogens is 2. The number of imidazole rings is 1. The summed E-state index contributed by atoms with van der Waals surface area (Å²) in [5.41, 5.74) is 8.29. The molecule has 2 heterocycles. The van der Waals surface area contributed by atoms with Crippen LogP contribution in [0.3, 0.4) is 0 Å². The first-order valence-corrected chi connectivity index (χ1v) is 9.82. The fourth-order valence-corrected chi connectivity index (χ4v) is 3.63. The SMILES string of the molecule is CCOCC1CCCN(C(=O)[C@@H](N)Cc2cn(Cc3ccccc3)cn2)C1.Cl.Cl. The number of nitrogens with two attached hydrogens (primary N) is 1. The molecule has 2 N–H and O–H groups in total. The molecule has 1 saturated heterocycles. The molecular formula is C21H32Cl2N4O2. The Labute approximate surface area is 185 Å². The van der Waals surface area contributed by atoms with Crippen LogP contribution in [0.4, 0.5) is 0 Å². The molecule has 6 nitrogen and oxygen atoms in total. The van der Waals surface area contributed by atoms with Crippen LogP contribution in [0.2, 0.25) is 0 Å². The highest BCUT2D eigenvalue weighted by Gasteiger charge is 2.27. The number of carbonyl (C=O) groups excluding carboxylic acids is 1. The Balaban J connectivity index is 0.00000210. The van der Waals surface area contributed by atoms with Crippen LogP contribution in [0.1, 0.15) is 31.0 Å². The van der Waals surface area contributed by atoms with Gasteiger partial charge in [0.25, 0.3) is 0 Å². The van der Waals surface area contributed by atoms with Gasteiger partial charge in [0.1, 0.15) is 0 Å². The zero-order chi connectivity index (χ0) is 19.1. The molecule has 29 heavy (non-hydrogen) atoms. The number of aromatic nitrogens is 2. The van der Waals surface area contributed by atoms with Gasteiger partial charge in [-0.1, -0.05) is 30.3 Å². The number of carbonyl (C=O) groups is 1. The first-order chi connectivity index (χ1) is 13.2. The van der Waals surface area contributed by atoms with Gasteiger partial charge in [-0.25, -0.2) is 4.98 Å². The Bertz CT molecular complexity index is 726. The number of piperidine rings is 1. The maximum absolute atomic E-state index is 12.7. The molecule has 0 aliphatic carbocycles. The van der Waals surface area contributed by atoms with Crippen molar-refractivity contribution in [3.05, 3.63) is 54.1 Å². The number of ether oxygens (including phenoxy) is 1. The Morgan fingerprint density at radius 2 is 2.07 bits per heavy atom. The van der Waals surface area contributed by atoms with Crippen molar-refractivity contribution in [1.29, 1.82) is 0 Å². The molecule has 0 bridgehead atoms. The third kappa shape index (κ3) is 7.63. The van der Waals surface area contributed by atoms with Crippen LogP contribution >= 0.6 is 24.8 Å². The van der Waals surface area contributed by atoms with Gasteiger partial charge in [0, 0.05) is 38.9 Å². The van der Waals surface area contributed by atoms with E-state index in [-0.39, 0.29) is 30.7 Å². The summed E-state index contributed by atoms with van der Waals surface area (Å²) < 4.78 is 7.56. The van der Waals surface area contributed by atoms with Crippen molar-refractivity contribution in [1.82, 2.24) is 14.5 Å². The highest BCUT2D eigenvalue weighted by molar-refractivity contribution is 5.85. The van der Waals surface area contributed by atoms with E-state index in [0.717, 1.165) is 51.4 Å². The second-order valence-corrected chi connectivity index (χ2v) is 7.29. The predicted octanol–water partition coefficient (Wildman–Crippen LogP) is 2.92. The van der Waals surface area contributed by atoms with E-state index in [0.29, 0.717) is 12.3 Å². The zero-order valence-corrected chi connectivity index (χ0v) is 18.5. The van der Waals surface area contributed by atoms with Crippen LogP contribution in [0.25, 0.3) is 0 Å². The average molecular weight is 443 g/mol. The van der Waals surface area contributed by atoms with Gasteiger partial charge in [-0.05, 0) is 31.2 Å². The Kier molecular flexibility index (Phi) is 11.3. The van der Waals surface area contributed by atoms with Crippen LogP contribution in [0.15, 0.2) is 42.9 Å². The molecule has 2 atom stereocenters. The number of hydrogen-bond donors (Lipinski definition) is 1. The number of rotatable bonds is 8. The Morgan fingerprint density at radius 1 is 1.31 bits per heavy atom. The predicted molar refractivity (Wildman–Crippen MR) is 120 cm³/mol. The van der Waals surface area contributed by atoms with Gasteiger partial charge in [0.2, 0.25) is 5.91 Å². The molecule has 0 spiro atoms. The van der Waals surface area contributed by atoms with Crippen LogP contribution < -0.4 is 5.73 Å². The van der Waals surface area contributed by atoms with E-state index in [1.54, 1.807) is 6.33 Å². The monoisotopic (exact) mass is 442 g/mol. The van der Waals surface area contributed by atoms with Crippen molar-refractivity contribution in [2.24, 2.45) is 11.7 Å². The molecule has 3 rings (SSSR count). The lowest BCUT2D eigenvalue weighted by Crippen LogP contribution is -2.49. The fourth-order valence-electron chi connectivity index (χ4n) is 3.63. The lowest BCUT2D eigenvalue weighted by atomic mass is 9.98. The van der Waals surface area contributed by atoms with Gasteiger partial charge in [0.15, 0.2) is 0 Å². The van der Waals surface area contributed by atoms with E-state index in [1.807, 2.05) is 40.8 Å². The van der Waals surface area contributed by atoms with Crippen molar-refractivity contribution in [2.45, 2.75) is 38.8 Å². The molecule has 1 aromatic heterocycles. The quantitative estimate of drug-likeness (QED) is 0.681. The first kappa shape index (κ1) is 25.4. The van der Waals surface area contributed by atoms with Gasteiger partial charge in [-0.15, -0.1) is 24.8 Å². The Morgan fingerprint density at radius 3 is 2.79 bits per heavy atom. The van der Waals surface area contributed by atoms with Crippen LogP contribution in [0, 0.1) is 5.92 Å². The average Bonchev–Trinajstić information content (AvgIpc) is 3.13. The summed E-state index contributed by atoms with van der Waals surface area (Å²) in [5.74, 6) is 0.439. The molecule has 2 aromatic rings. The number of nitrogens with zero attached hydrogens (tertiary/aromatic N) is 3. The second kappa shape index (κ2) is 12.9. The van der Waals surface area contributed by atoms with Crippen LogP contribution in [-0.2, 0) is 22.5 Å². The van der Waals surface area contributed by atoms with Gasteiger partial charge in [-0.3, -0.25) is 4.79 Å². The minimum atomic E-state index is -0.545. The minimum Gasteiger partial charge on any atom is -0.381 e. The lowest BCUT2D eigenvalue weighted by molar-refractivity contribution is -0.134. The number of hydrogen-bond acceptors (Lipinski definition) is 4. The summed E-state index contributed by atoms with van der Waals surface area (Å²) in [7, 11) is 0. The molecule has 1 unspecified atom stereocenters. The number of benzene rings is 1. The van der Waals surface area contributed by atoms with Gasteiger partial charge in [0.05, 0.1) is 24.7 Å². The molecule has 1 aliphatic heterocycles. The fraction of sp³-hybridized carbons (Fsp3) is 0.524. The summed E-state index contributed by atoms with van der Waals surface area (Å²) in [6.45, 7) is 5.74. The summed E-state index contributed by atoms with van der Waals surface area (Å²) in [6.07, 6.45) is 6.38. The summed E-state index contributed by atoms with van der Waals surface area (Å²) in [5, 5.41) is 0. The van der Waals surface area contributed by atoms with Crippen molar-refractivity contribution < 1.29 is 9.53 Å². The van der Waals surface area contributed by atoms with Gasteiger partial charge >= 0.3 is 0 Å². The second-order valence-electron chi connectivity index (χ2n) is 7.29. The molecule has 1 fully saturated rings. The van der Waals surface area contributed by atoms with E-state index >= 15 is 0 Å². The third-order valence-corrected chi connectivity index (χ3v) is 5.03. The van der Waals surface area contributed by atoms with E-state index < -0.39 is 6.04 Å².